The van der Waals surface area contributed by atoms with E-state index >= 15 is 0 Å². The van der Waals surface area contributed by atoms with Crippen LogP contribution in [0.1, 0.15) is 33.7 Å². The van der Waals surface area contributed by atoms with Gasteiger partial charge in [-0.25, -0.2) is 0 Å². The molecule has 1 aliphatic rings. The van der Waals surface area contributed by atoms with Crippen molar-refractivity contribution in [2.75, 3.05) is 11.9 Å². The number of fused-ring (bicyclic) bond motifs is 1. The van der Waals surface area contributed by atoms with Gasteiger partial charge < -0.3 is 10.1 Å². The van der Waals surface area contributed by atoms with Crippen molar-refractivity contribution in [1.82, 2.24) is 0 Å². The van der Waals surface area contributed by atoms with Gasteiger partial charge in [-0.15, -0.1) is 0 Å². The highest BCUT2D eigenvalue weighted by Gasteiger charge is 2.29. The molecule has 2 nitrogen and oxygen atoms in total. The number of anilines is 1. The Hall–Kier alpha value is -2.74. The van der Waals surface area contributed by atoms with Gasteiger partial charge in [-0.05, 0) is 42.2 Å². The van der Waals surface area contributed by atoms with E-state index in [1.165, 1.54) is 33.5 Å². The Balaban J connectivity index is 1.68. The first kappa shape index (κ1) is 15.8. The van der Waals surface area contributed by atoms with E-state index in [9.17, 15) is 0 Å². The quantitative estimate of drug-likeness (QED) is 0.688. The van der Waals surface area contributed by atoms with Crippen LogP contribution in [0.5, 0.6) is 5.75 Å². The predicted octanol–water partition coefficient (Wildman–Crippen LogP) is 5.44. The fourth-order valence-corrected chi connectivity index (χ4v) is 3.78. The molecule has 0 aliphatic carbocycles. The average molecular weight is 329 g/mol. The second-order valence-electron chi connectivity index (χ2n) is 6.72. The molecule has 0 fully saturated rings. The number of rotatable bonds is 4. The summed E-state index contributed by atoms with van der Waals surface area (Å²) in [5.74, 6) is 1.35. The van der Waals surface area contributed by atoms with Gasteiger partial charge in [0.05, 0.1) is 6.61 Å². The second kappa shape index (κ2) is 6.64. The maximum Gasteiger partial charge on any atom is 0.123 e. The van der Waals surface area contributed by atoms with Gasteiger partial charge in [-0.3, -0.25) is 0 Å². The normalized spacial score (nSPS) is 15.5. The fraction of sp³-hybridized carbons (Fsp3) is 0.217. The van der Waals surface area contributed by atoms with Crippen molar-refractivity contribution >= 4 is 5.69 Å². The molecule has 0 saturated carbocycles. The molecule has 0 radical (unpaired) electrons. The van der Waals surface area contributed by atoms with E-state index in [0.29, 0.717) is 5.92 Å². The highest BCUT2D eigenvalue weighted by atomic mass is 16.5. The monoisotopic (exact) mass is 329 g/mol. The van der Waals surface area contributed by atoms with Crippen LogP contribution in [0.3, 0.4) is 0 Å². The maximum absolute atomic E-state index is 6.02. The molecule has 1 aliphatic heterocycles. The van der Waals surface area contributed by atoms with Crippen LogP contribution in [-0.4, -0.2) is 6.61 Å². The smallest absolute Gasteiger partial charge is 0.123 e. The lowest BCUT2D eigenvalue weighted by Gasteiger charge is -2.18. The summed E-state index contributed by atoms with van der Waals surface area (Å²) in [6.45, 7) is 5.92. The van der Waals surface area contributed by atoms with E-state index in [2.05, 4.69) is 85.9 Å². The third kappa shape index (κ3) is 3.00. The maximum atomic E-state index is 6.02. The molecule has 2 heteroatoms. The summed E-state index contributed by atoms with van der Waals surface area (Å²) in [7, 11) is 0. The van der Waals surface area contributed by atoms with Crippen LogP contribution in [0.25, 0.3) is 0 Å². The van der Waals surface area contributed by atoms with Crippen molar-refractivity contribution in [3.8, 4) is 5.75 Å². The number of hydrogen-bond acceptors (Lipinski definition) is 2. The zero-order valence-electron chi connectivity index (χ0n) is 14.8. The van der Waals surface area contributed by atoms with Gasteiger partial charge in [-0.1, -0.05) is 60.7 Å². The van der Waals surface area contributed by atoms with Gasteiger partial charge >= 0.3 is 0 Å². The summed E-state index contributed by atoms with van der Waals surface area (Å²) in [6, 6.07) is 23.4. The van der Waals surface area contributed by atoms with Crippen LogP contribution in [0, 0.1) is 13.8 Å². The molecule has 0 saturated heterocycles. The first-order valence-corrected chi connectivity index (χ1v) is 8.83. The molecule has 3 aromatic carbocycles. The minimum atomic E-state index is 0.314. The summed E-state index contributed by atoms with van der Waals surface area (Å²) in [6.07, 6.45) is 0. The Bertz CT molecular complexity index is 872. The molecule has 25 heavy (non-hydrogen) atoms. The first-order valence-electron chi connectivity index (χ1n) is 8.83. The molecule has 1 atom stereocenters. The average Bonchev–Trinajstić information content (AvgIpc) is 3.07. The van der Waals surface area contributed by atoms with Gasteiger partial charge in [0.25, 0.3) is 0 Å². The highest BCUT2D eigenvalue weighted by molar-refractivity contribution is 5.66. The number of ether oxygens (including phenoxy) is 1. The molecule has 0 amide bonds. The van der Waals surface area contributed by atoms with Crippen LogP contribution in [-0.2, 0) is 6.54 Å². The Morgan fingerprint density at radius 3 is 2.36 bits per heavy atom. The van der Waals surface area contributed by atoms with Crippen LogP contribution in [0.4, 0.5) is 5.69 Å². The molecule has 1 unspecified atom stereocenters. The van der Waals surface area contributed by atoms with Crippen molar-refractivity contribution in [1.29, 1.82) is 0 Å². The Morgan fingerprint density at radius 1 is 0.960 bits per heavy atom. The minimum Gasteiger partial charge on any atom is -0.492 e. The lowest BCUT2D eigenvalue weighted by Crippen LogP contribution is -2.07. The number of benzene rings is 3. The van der Waals surface area contributed by atoms with Crippen LogP contribution in [0.15, 0.2) is 66.7 Å². The van der Waals surface area contributed by atoms with Gasteiger partial charge in [0.15, 0.2) is 0 Å². The van der Waals surface area contributed by atoms with Crippen LogP contribution in [0.2, 0.25) is 0 Å². The molecule has 0 aromatic heterocycles. The molecule has 126 valence electrons. The van der Waals surface area contributed by atoms with E-state index in [4.69, 9.17) is 4.74 Å². The van der Waals surface area contributed by atoms with Crippen molar-refractivity contribution in [3.05, 3.63) is 94.5 Å². The van der Waals surface area contributed by atoms with Crippen molar-refractivity contribution < 1.29 is 4.74 Å². The van der Waals surface area contributed by atoms with Crippen LogP contribution >= 0.6 is 0 Å². The van der Waals surface area contributed by atoms with Crippen molar-refractivity contribution in [3.63, 3.8) is 0 Å². The fourth-order valence-electron chi connectivity index (χ4n) is 3.78. The Morgan fingerprint density at radius 2 is 1.64 bits per heavy atom. The zero-order valence-corrected chi connectivity index (χ0v) is 14.8. The molecule has 1 N–H and O–H groups in total. The topological polar surface area (TPSA) is 21.3 Å². The summed E-state index contributed by atoms with van der Waals surface area (Å²) in [5.41, 5.74) is 7.71. The molecular weight excluding hydrogens is 306 g/mol. The summed E-state index contributed by atoms with van der Waals surface area (Å²) >= 11 is 0. The third-order valence-electron chi connectivity index (χ3n) is 5.05. The van der Waals surface area contributed by atoms with Crippen LogP contribution < -0.4 is 10.1 Å². The molecule has 4 rings (SSSR count). The molecule has 3 aromatic rings. The molecule has 0 bridgehead atoms. The van der Waals surface area contributed by atoms with Gasteiger partial charge in [-0.2, -0.15) is 0 Å². The van der Waals surface area contributed by atoms with Crippen molar-refractivity contribution in [2.24, 2.45) is 0 Å². The summed E-state index contributed by atoms with van der Waals surface area (Å²) in [4.78, 5) is 0. The zero-order chi connectivity index (χ0) is 17.2. The van der Waals surface area contributed by atoms with E-state index in [0.717, 1.165) is 18.9 Å². The number of hydrogen-bond donors (Lipinski definition) is 1. The minimum absolute atomic E-state index is 0.314. The van der Waals surface area contributed by atoms with Crippen molar-refractivity contribution in [2.45, 2.75) is 26.3 Å². The van der Waals surface area contributed by atoms with E-state index < -0.39 is 0 Å². The molecular formula is C23H23NO. The SMILES string of the molecule is Cc1cc2c(c(C)c1NCc1ccccc1)C(c1ccccc1)CO2. The molecule has 0 spiro atoms. The lowest BCUT2D eigenvalue weighted by atomic mass is 9.88. The summed E-state index contributed by atoms with van der Waals surface area (Å²) < 4.78 is 6.02. The van der Waals surface area contributed by atoms with Gasteiger partial charge in [0.2, 0.25) is 0 Å². The van der Waals surface area contributed by atoms with E-state index in [-0.39, 0.29) is 0 Å². The highest BCUT2D eigenvalue weighted by Crippen LogP contribution is 2.44. The molecule has 1 heterocycles. The van der Waals surface area contributed by atoms with E-state index in [1.807, 2.05) is 0 Å². The van der Waals surface area contributed by atoms with Gasteiger partial charge in [0.1, 0.15) is 5.75 Å². The number of nitrogens with one attached hydrogen (secondary N) is 1. The first-order chi connectivity index (χ1) is 12.2. The standard InChI is InChI=1S/C23H23NO/c1-16-13-21-22(20(15-25-21)19-11-7-4-8-12-19)17(2)23(16)24-14-18-9-5-3-6-10-18/h3-13,20,24H,14-15H2,1-2H3. The van der Waals surface area contributed by atoms with E-state index in [1.54, 1.807) is 0 Å². The Kier molecular flexibility index (Phi) is 4.19. The third-order valence-corrected chi connectivity index (χ3v) is 5.05. The van der Waals surface area contributed by atoms with Gasteiger partial charge in [0, 0.05) is 23.7 Å². The summed E-state index contributed by atoms with van der Waals surface area (Å²) in [5, 5.41) is 3.64. The lowest BCUT2D eigenvalue weighted by molar-refractivity contribution is 0.343. The second-order valence-corrected chi connectivity index (χ2v) is 6.72. The largest absolute Gasteiger partial charge is 0.492 e. The predicted molar refractivity (Wildman–Crippen MR) is 103 cm³/mol. The Labute approximate surface area is 149 Å². The number of aryl methyl sites for hydroxylation is 1.